The smallest absolute Gasteiger partial charge is 0.312 e. The molecule has 0 aliphatic carbocycles. The van der Waals surface area contributed by atoms with Gasteiger partial charge in [-0.1, -0.05) is 12.1 Å². The van der Waals surface area contributed by atoms with Gasteiger partial charge in [-0.15, -0.1) is 0 Å². The second kappa shape index (κ2) is 11.0. The van der Waals surface area contributed by atoms with E-state index >= 15 is 0 Å². The normalized spacial score (nSPS) is 11.2. The van der Waals surface area contributed by atoms with Crippen LogP contribution in [0.25, 0.3) is 0 Å². The predicted octanol–water partition coefficient (Wildman–Crippen LogP) is 2.68. The number of thioether (sulfide) groups is 1. The van der Waals surface area contributed by atoms with Crippen molar-refractivity contribution in [1.82, 2.24) is 5.32 Å². The number of rotatable bonds is 9. The van der Waals surface area contributed by atoms with Crippen LogP contribution in [0.5, 0.6) is 5.75 Å². The molecule has 0 aliphatic rings. The molecule has 0 heterocycles. The summed E-state index contributed by atoms with van der Waals surface area (Å²) in [6, 6.07) is 12.0. The Hall–Kier alpha value is -3.20. The van der Waals surface area contributed by atoms with Crippen molar-refractivity contribution in [3.05, 3.63) is 54.1 Å². The summed E-state index contributed by atoms with van der Waals surface area (Å²) in [6.07, 6.45) is 2.36. The number of nitrogens with two attached hydrogens (primary N) is 1. The van der Waals surface area contributed by atoms with Gasteiger partial charge in [-0.3, -0.25) is 9.59 Å². The third-order valence-corrected chi connectivity index (χ3v) is 4.66. The molecule has 8 nitrogen and oxygen atoms in total. The van der Waals surface area contributed by atoms with E-state index in [2.05, 4.69) is 16.0 Å². The molecular formula is C20H24N4O4S. The maximum absolute atomic E-state index is 12.4. The van der Waals surface area contributed by atoms with Gasteiger partial charge in [0.25, 0.3) is 5.91 Å². The number of ether oxygens (including phenoxy) is 1. The standard InChI is InChI=1S/C20H24N4O4S/c1-28-17-6-4-3-5-15(17)23-18(25)13-7-9-14(10-8-13)22-19(26)16(11-12-29-2)24-20(21)27/h3-10,16H,11-12H2,1-2H3,(H,22,26)(H,23,25)(H3,21,24,27)/t16-/m0/s1. The topological polar surface area (TPSA) is 123 Å². The van der Waals surface area contributed by atoms with Crippen LogP contribution in [-0.4, -0.2) is 43.0 Å². The number of carbonyl (C=O) groups excluding carboxylic acids is 3. The summed E-state index contributed by atoms with van der Waals surface area (Å²) in [7, 11) is 1.53. The van der Waals surface area contributed by atoms with Crippen LogP contribution in [0.3, 0.4) is 0 Å². The average molecular weight is 417 g/mol. The first-order valence-corrected chi connectivity index (χ1v) is 10.2. The molecule has 2 aromatic rings. The fourth-order valence-electron chi connectivity index (χ4n) is 2.55. The summed E-state index contributed by atoms with van der Waals surface area (Å²) in [6.45, 7) is 0. The summed E-state index contributed by atoms with van der Waals surface area (Å²) >= 11 is 1.56. The quantitative estimate of drug-likeness (QED) is 0.501. The first kappa shape index (κ1) is 22.1. The van der Waals surface area contributed by atoms with Gasteiger partial charge in [0, 0.05) is 11.3 Å². The van der Waals surface area contributed by atoms with Gasteiger partial charge in [-0.05, 0) is 54.8 Å². The van der Waals surface area contributed by atoms with E-state index in [-0.39, 0.29) is 11.8 Å². The van der Waals surface area contributed by atoms with Crippen molar-refractivity contribution >= 4 is 41.0 Å². The van der Waals surface area contributed by atoms with Crippen molar-refractivity contribution in [3.63, 3.8) is 0 Å². The minimum atomic E-state index is -0.755. The number of para-hydroxylation sites is 2. The van der Waals surface area contributed by atoms with Crippen LogP contribution < -0.4 is 26.4 Å². The van der Waals surface area contributed by atoms with Crippen LogP contribution in [0.2, 0.25) is 0 Å². The van der Waals surface area contributed by atoms with Gasteiger partial charge >= 0.3 is 6.03 Å². The molecule has 0 aliphatic heterocycles. The average Bonchev–Trinajstić information content (AvgIpc) is 2.71. The van der Waals surface area contributed by atoms with Crippen LogP contribution in [0, 0.1) is 0 Å². The second-order valence-electron chi connectivity index (χ2n) is 6.06. The molecule has 0 saturated heterocycles. The Morgan fingerprint density at radius 1 is 1.07 bits per heavy atom. The largest absolute Gasteiger partial charge is 0.495 e. The van der Waals surface area contributed by atoms with E-state index in [1.807, 2.05) is 12.3 Å². The third-order valence-electron chi connectivity index (χ3n) is 4.01. The Bertz CT molecular complexity index is 858. The molecule has 0 fully saturated rings. The van der Waals surface area contributed by atoms with E-state index in [1.165, 1.54) is 7.11 Å². The van der Waals surface area contributed by atoms with E-state index in [0.29, 0.717) is 34.9 Å². The van der Waals surface area contributed by atoms with E-state index in [0.717, 1.165) is 0 Å². The number of carbonyl (C=O) groups is 3. The molecule has 0 aromatic heterocycles. The van der Waals surface area contributed by atoms with E-state index in [4.69, 9.17) is 10.5 Å². The Balaban J connectivity index is 2.02. The van der Waals surface area contributed by atoms with Crippen molar-refractivity contribution in [2.45, 2.75) is 12.5 Å². The van der Waals surface area contributed by atoms with Crippen molar-refractivity contribution in [1.29, 1.82) is 0 Å². The van der Waals surface area contributed by atoms with Crippen molar-refractivity contribution in [3.8, 4) is 5.75 Å². The number of methoxy groups -OCH3 is 1. The molecule has 2 aromatic carbocycles. The zero-order chi connectivity index (χ0) is 21.2. The van der Waals surface area contributed by atoms with Crippen LogP contribution in [0.4, 0.5) is 16.2 Å². The van der Waals surface area contributed by atoms with Crippen LogP contribution in [0.15, 0.2) is 48.5 Å². The lowest BCUT2D eigenvalue weighted by atomic mass is 10.1. The number of primary amides is 1. The van der Waals surface area contributed by atoms with E-state index in [1.54, 1.807) is 54.2 Å². The lowest BCUT2D eigenvalue weighted by Gasteiger charge is -2.17. The van der Waals surface area contributed by atoms with Gasteiger partial charge in [0.05, 0.1) is 12.8 Å². The highest BCUT2D eigenvalue weighted by atomic mass is 32.2. The molecule has 2 rings (SSSR count). The lowest BCUT2D eigenvalue weighted by molar-refractivity contribution is -0.117. The van der Waals surface area contributed by atoms with Crippen LogP contribution >= 0.6 is 11.8 Å². The van der Waals surface area contributed by atoms with Crippen molar-refractivity contribution in [2.75, 3.05) is 29.8 Å². The van der Waals surface area contributed by atoms with Crippen LogP contribution in [-0.2, 0) is 4.79 Å². The summed E-state index contributed by atoms with van der Waals surface area (Å²) in [4.78, 5) is 36.0. The maximum Gasteiger partial charge on any atom is 0.312 e. The van der Waals surface area contributed by atoms with Gasteiger partial charge in [0.15, 0.2) is 0 Å². The Morgan fingerprint density at radius 3 is 2.38 bits per heavy atom. The van der Waals surface area contributed by atoms with Crippen molar-refractivity contribution < 1.29 is 19.1 Å². The first-order valence-electron chi connectivity index (χ1n) is 8.84. The number of benzene rings is 2. The molecule has 0 radical (unpaired) electrons. The van der Waals surface area contributed by atoms with E-state index in [9.17, 15) is 14.4 Å². The van der Waals surface area contributed by atoms with Gasteiger partial charge in [0.1, 0.15) is 11.8 Å². The molecule has 0 saturated carbocycles. The summed E-state index contributed by atoms with van der Waals surface area (Å²) in [5, 5.41) is 7.95. The lowest BCUT2D eigenvalue weighted by Crippen LogP contribution is -2.46. The first-order chi connectivity index (χ1) is 13.9. The monoisotopic (exact) mass is 416 g/mol. The number of anilines is 2. The van der Waals surface area contributed by atoms with Gasteiger partial charge in [0.2, 0.25) is 5.91 Å². The highest BCUT2D eigenvalue weighted by Crippen LogP contribution is 2.23. The Kier molecular flexibility index (Phi) is 8.35. The summed E-state index contributed by atoms with van der Waals surface area (Å²) in [5.74, 6) is 0.577. The fraction of sp³-hybridized carbons (Fsp3) is 0.250. The molecule has 4 amide bonds. The molecule has 1 atom stereocenters. The highest BCUT2D eigenvalue weighted by Gasteiger charge is 2.19. The number of nitrogens with one attached hydrogen (secondary N) is 3. The molecule has 29 heavy (non-hydrogen) atoms. The van der Waals surface area contributed by atoms with Crippen molar-refractivity contribution in [2.24, 2.45) is 5.73 Å². The van der Waals surface area contributed by atoms with E-state index < -0.39 is 12.1 Å². The van der Waals surface area contributed by atoms with Gasteiger partial charge < -0.3 is 26.4 Å². The third kappa shape index (κ3) is 6.72. The highest BCUT2D eigenvalue weighted by molar-refractivity contribution is 7.98. The minimum Gasteiger partial charge on any atom is -0.495 e. The number of urea groups is 1. The Labute approximate surface area is 173 Å². The number of hydrogen-bond acceptors (Lipinski definition) is 5. The summed E-state index contributed by atoms with van der Waals surface area (Å²) in [5.41, 5.74) is 6.63. The van der Waals surface area contributed by atoms with Crippen LogP contribution in [0.1, 0.15) is 16.8 Å². The summed E-state index contributed by atoms with van der Waals surface area (Å²) < 4.78 is 5.22. The Morgan fingerprint density at radius 2 is 1.76 bits per heavy atom. The molecule has 154 valence electrons. The molecule has 9 heteroatoms. The molecule has 0 spiro atoms. The van der Waals surface area contributed by atoms with Gasteiger partial charge in [-0.2, -0.15) is 11.8 Å². The molecular weight excluding hydrogens is 392 g/mol. The SMILES string of the molecule is COc1ccccc1NC(=O)c1ccc(NC(=O)[C@H](CCSC)NC(N)=O)cc1. The van der Waals surface area contributed by atoms with Gasteiger partial charge in [-0.25, -0.2) is 4.79 Å². The second-order valence-corrected chi connectivity index (χ2v) is 7.05. The zero-order valence-corrected chi connectivity index (χ0v) is 17.0. The molecule has 5 N–H and O–H groups in total. The number of hydrogen-bond donors (Lipinski definition) is 4. The molecule has 0 bridgehead atoms. The molecule has 0 unspecified atom stereocenters. The minimum absolute atomic E-state index is 0.305. The predicted molar refractivity (Wildman–Crippen MR) is 116 cm³/mol. The maximum atomic E-state index is 12.4. The zero-order valence-electron chi connectivity index (χ0n) is 16.2. The fourth-order valence-corrected chi connectivity index (χ4v) is 3.02. The number of amides is 4.